The molecule has 0 spiro atoms. The van der Waals surface area contributed by atoms with Gasteiger partial charge < -0.3 is 4.74 Å². The third-order valence-electron chi connectivity index (χ3n) is 2.24. The summed E-state index contributed by atoms with van der Waals surface area (Å²) in [6.07, 6.45) is 3.94. The maximum Gasteiger partial charge on any atom is 0.162 e. The molecule has 1 unspecified atom stereocenters. The van der Waals surface area contributed by atoms with Crippen molar-refractivity contribution in [2.75, 3.05) is 6.61 Å². The zero-order chi connectivity index (χ0) is 11.9. The molecule has 0 aromatic rings. The number of ether oxygens (including phenoxy) is 1. The molecule has 0 saturated heterocycles. The van der Waals surface area contributed by atoms with E-state index in [0.717, 1.165) is 12.8 Å². The molecule has 2 heteroatoms. The molecular weight excluding hydrogens is 188 g/mol. The van der Waals surface area contributed by atoms with E-state index in [1.807, 2.05) is 33.8 Å². The molecule has 0 heterocycles. The van der Waals surface area contributed by atoms with Crippen LogP contribution in [0.15, 0.2) is 12.7 Å². The number of unbranched alkanes of at least 4 members (excludes halogenated alkanes) is 1. The highest BCUT2D eigenvalue weighted by Gasteiger charge is 2.30. The van der Waals surface area contributed by atoms with Gasteiger partial charge in [-0.25, -0.2) is 0 Å². The number of hydrogen-bond acceptors (Lipinski definition) is 2. The van der Waals surface area contributed by atoms with Gasteiger partial charge in [0.2, 0.25) is 0 Å². The van der Waals surface area contributed by atoms with Gasteiger partial charge in [-0.2, -0.15) is 0 Å². The van der Waals surface area contributed by atoms with Gasteiger partial charge in [-0.05, 0) is 25.2 Å². The number of hydrogen-bond donors (Lipinski definition) is 0. The van der Waals surface area contributed by atoms with Crippen LogP contribution in [0.2, 0.25) is 0 Å². The highest BCUT2D eigenvalue weighted by molar-refractivity contribution is 5.83. The van der Waals surface area contributed by atoms with Crippen molar-refractivity contribution in [3.05, 3.63) is 12.7 Å². The fourth-order valence-corrected chi connectivity index (χ4v) is 1.54. The SMILES string of the molecule is C=CCCCC(=O)C(OCC)C(C)(C)C. The predicted octanol–water partition coefficient (Wildman–Crippen LogP) is 3.36. The zero-order valence-electron chi connectivity index (χ0n) is 10.5. The first-order valence-electron chi connectivity index (χ1n) is 5.68. The predicted molar refractivity (Wildman–Crippen MR) is 63.9 cm³/mol. The lowest BCUT2D eigenvalue weighted by molar-refractivity contribution is -0.137. The number of allylic oxidation sites excluding steroid dienone is 1. The number of carbonyl (C=O) groups excluding carboxylic acids is 1. The van der Waals surface area contributed by atoms with Gasteiger partial charge in [0.1, 0.15) is 6.10 Å². The third-order valence-corrected chi connectivity index (χ3v) is 2.24. The Morgan fingerprint density at radius 2 is 2.07 bits per heavy atom. The Kier molecular flexibility index (Phi) is 6.50. The molecule has 15 heavy (non-hydrogen) atoms. The van der Waals surface area contributed by atoms with Gasteiger partial charge in [-0.3, -0.25) is 4.79 Å². The summed E-state index contributed by atoms with van der Waals surface area (Å²) < 4.78 is 5.52. The standard InChI is InChI=1S/C13H24O2/c1-6-8-9-10-11(14)12(15-7-2)13(3,4)5/h6,12H,1,7-10H2,2-5H3. The summed E-state index contributed by atoms with van der Waals surface area (Å²) >= 11 is 0. The number of rotatable bonds is 7. The van der Waals surface area contributed by atoms with Crippen LogP contribution in [0.5, 0.6) is 0 Å². The van der Waals surface area contributed by atoms with E-state index in [4.69, 9.17) is 4.74 Å². The molecule has 0 saturated carbocycles. The fourth-order valence-electron chi connectivity index (χ4n) is 1.54. The highest BCUT2D eigenvalue weighted by atomic mass is 16.5. The zero-order valence-corrected chi connectivity index (χ0v) is 10.5. The van der Waals surface area contributed by atoms with Gasteiger partial charge in [-0.1, -0.05) is 26.8 Å². The van der Waals surface area contributed by atoms with Gasteiger partial charge in [0, 0.05) is 13.0 Å². The monoisotopic (exact) mass is 212 g/mol. The van der Waals surface area contributed by atoms with Gasteiger partial charge in [-0.15, -0.1) is 6.58 Å². The Hall–Kier alpha value is -0.630. The van der Waals surface area contributed by atoms with E-state index in [1.165, 1.54) is 0 Å². The normalized spacial score (nSPS) is 13.6. The average molecular weight is 212 g/mol. The Labute approximate surface area is 93.7 Å². The third kappa shape index (κ3) is 5.73. The Morgan fingerprint density at radius 3 is 2.47 bits per heavy atom. The Bertz CT molecular complexity index is 201. The summed E-state index contributed by atoms with van der Waals surface area (Å²) in [4.78, 5) is 11.9. The van der Waals surface area contributed by atoms with E-state index < -0.39 is 0 Å². The van der Waals surface area contributed by atoms with Crippen molar-refractivity contribution >= 4 is 5.78 Å². The summed E-state index contributed by atoms with van der Waals surface area (Å²) in [7, 11) is 0. The smallest absolute Gasteiger partial charge is 0.162 e. The van der Waals surface area contributed by atoms with Crippen LogP contribution < -0.4 is 0 Å². The van der Waals surface area contributed by atoms with E-state index >= 15 is 0 Å². The largest absolute Gasteiger partial charge is 0.370 e. The molecule has 0 fully saturated rings. The van der Waals surface area contributed by atoms with Crippen molar-refractivity contribution in [3.63, 3.8) is 0 Å². The van der Waals surface area contributed by atoms with Crippen LogP contribution in [0.25, 0.3) is 0 Å². The van der Waals surface area contributed by atoms with Gasteiger partial charge >= 0.3 is 0 Å². The lowest BCUT2D eigenvalue weighted by Crippen LogP contribution is -2.37. The second kappa shape index (κ2) is 6.78. The van der Waals surface area contributed by atoms with Crippen LogP contribution in [0.3, 0.4) is 0 Å². The lowest BCUT2D eigenvalue weighted by atomic mass is 9.85. The van der Waals surface area contributed by atoms with Gasteiger partial charge in [0.25, 0.3) is 0 Å². The topological polar surface area (TPSA) is 26.3 Å². The molecule has 0 aromatic heterocycles. The molecule has 0 aliphatic heterocycles. The molecule has 0 rings (SSSR count). The maximum absolute atomic E-state index is 11.9. The molecule has 0 bridgehead atoms. The van der Waals surface area contributed by atoms with Crippen molar-refractivity contribution < 1.29 is 9.53 Å². The maximum atomic E-state index is 11.9. The van der Waals surface area contributed by atoms with Crippen LogP contribution in [-0.2, 0) is 9.53 Å². The first-order valence-corrected chi connectivity index (χ1v) is 5.68. The first kappa shape index (κ1) is 14.4. The molecular formula is C13H24O2. The molecule has 0 aliphatic rings. The van der Waals surface area contributed by atoms with E-state index in [-0.39, 0.29) is 17.3 Å². The van der Waals surface area contributed by atoms with Crippen LogP contribution >= 0.6 is 0 Å². The van der Waals surface area contributed by atoms with E-state index in [0.29, 0.717) is 13.0 Å². The summed E-state index contributed by atoms with van der Waals surface area (Å²) in [5.74, 6) is 0.214. The molecule has 88 valence electrons. The average Bonchev–Trinajstić information content (AvgIpc) is 2.12. The summed E-state index contributed by atoms with van der Waals surface area (Å²) in [5, 5.41) is 0. The van der Waals surface area contributed by atoms with Gasteiger partial charge in [0.05, 0.1) is 0 Å². The number of Topliss-reactive ketones (excluding diaryl/α,β-unsaturated/α-hetero) is 1. The summed E-state index contributed by atoms with van der Waals surface area (Å²) in [6, 6.07) is 0. The Balaban J connectivity index is 4.23. The quantitative estimate of drug-likeness (QED) is 0.478. The molecule has 1 atom stereocenters. The van der Waals surface area contributed by atoms with Crippen molar-refractivity contribution in [2.24, 2.45) is 5.41 Å². The van der Waals surface area contributed by atoms with Crippen molar-refractivity contribution in [1.29, 1.82) is 0 Å². The van der Waals surface area contributed by atoms with Crippen molar-refractivity contribution in [2.45, 2.75) is 53.1 Å². The number of carbonyl (C=O) groups is 1. The molecule has 0 aromatic carbocycles. The van der Waals surface area contributed by atoms with Crippen LogP contribution in [0, 0.1) is 5.41 Å². The van der Waals surface area contributed by atoms with Crippen LogP contribution in [-0.4, -0.2) is 18.5 Å². The minimum Gasteiger partial charge on any atom is -0.370 e. The minimum atomic E-state index is -0.271. The van der Waals surface area contributed by atoms with E-state index in [2.05, 4.69) is 6.58 Å². The Morgan fingerprint density at radius 1 is 1.47 bits per heavy atom. The summed E-state index contributed by atoms with van der Waals surface area (Å²) in [6.45, 7) is 12.3. The molecule has 0 aliphatic carbocycles. The van der Waals surface area contributed by atoms with E-state index in [1.54, 1.807) is 0 Å². The minimum absolute atomic E-state index is 0.110. The molecule has 0 N–H and O–H groups in total. The molecule has 0 radical (unpaired) electrons. The van der Waals surface area contributed by atoms with Crippen molar-refractivity contribution in [1.82, 2.24) is 0 Å². The van der Waals surface area contributed by atoms with Crippen LogP contribution in [0.4, 0.5) is 0 Å². The second-order valence-electron chi connectivity index (χ2n) is 4.85. The molecule has 2 nitrogen and oxygen atoms in total. The lowest BCUT2D eigenvalue weighted by Gasteiger charge is -2.29. The van der Waals surface area contributed by atoms with Crippen LogP contribution in [0.1, 0.15) is 47.0 Å². The second-order valence-corrected chi connectivity index (χ2v) is 4.85. The molecule has 0 amide bonds. The van der Waals surface area contributed by atoms with Gasteiger partial charge in [0.15, 0.2) is 5.78 Å². The van der Waals surface area contributed by atoms with Crippen molar-refractivity contribution in [3.8, 4) is 0 Å². The number of ketones is 1. The fraction of sp³-hybridized carbons (Fsp3) is 0.769. The first-order chi connectivity index (χ1) is 6.93. The van der Waals surface area contributed by atoms with E-state index in [9.17, 15) is 4.79 Å². The summed E-state index contributed by atoms with van der Waals surface area (Å²) in [5.41, 5.74) is -0.110. The highest BCUT2D eigenvalue weighted by Crippen LogP contribution is 2.24.